The summed E-state index contributed by atoms with van der Waals surface area (Å²) >= 11 is 6.55. The lowest BCUT2D eigenvalue weighted by Gasteiger charge is -2.36. The third-order valence-electron chi connectivity index (χ3n) is 4.54. The summed E-state index contributed by atoms with van der Waals surface area (Å²) in [5.41, 5.74) is 2.56. The minimum absolute atomic E-state index is 0.603. The average Bonchev–Trinajstić information content (AvgIpc) is 3.11. The van der Waals surface area contributed by atoms with Gasteiger partial charge in [0.1, 0.15) is 0 Å². The minimum atomic E-state index is 0.603. The second-order valence-electron chi connectivity index (χ2n) is 6.36. The molecule has 0 spiro atoms. The van der Waals surface area contributed by atoms with E-state index < -0.39 is 0 Å². The standard InChI is InChI=1S/C17H21ClN8/c1-2-7-24-8-10-25(11-9-24)15-4-3-13(12-14(15)18)19-16-5-6-17-20-22-23-26(17)21-16/h3-6,12H,2,7-11H2,1H3,(H,19,21). The lowest BCUT2D eigenvalue weighted by atomic mass is 10.2. The summed E-state index contributed by atoms with van der Waals surface area (Å²) in [7, 11) is 0. The lowest BCUT2D eigenvalue weighted by Crippen LogP contribution is -2.46. The Balaban J connectivity index is 1.45. The first-order valence-corrected chi connectivity index (χ1v) is 9.20. The van der Waals surface area contributed by atoms with Gasteiger partial charge in [-0.25, -0.2) is 0 Å². The van der Waals surface area contributed by atoms with Crippen LogP contribution in [0, 0.1) is 0 Å². The van der Waals surface area contributed by atoms with Gasteiger partial charge in [-0.3, -0.25) is 4.90 Å². The van der Waals surface area contributed by atoms with Crippen LogP contribution in [0.1, 0.15) is 13.3 Å². The predicted molar refractivity (Wildman–Crippen MR) is 102 cm³/mol. The summed E-state index contributed by atoms with van der Waals surface area (Å²) < 4.78 is 1.38. The van der Waals surface area contributed by atoms with E-state index in [1.807, 2.05) is 18.2 Å². The van der Waals surface area contributed by atoms with Gasteiger partial charge in [0.15, 0.2) is 11.5 Å². The molecule has 0 bridgehead atoms. The molecule has 0 amide bonds. The molecule has 1 fully saturated rings. The van der Waals surface area contributed by atoms with Crippen LogP contribution in [0.5, 0.6) is 0 Å². The number of rotatable bonds is 5. The summed E-state index contributed by atoms with van der Waals surface area (Å²) in [6.45, 7) is 7.57. The number of fused-ring (bicyclic) bond motifs is 1. The zero-order valence-electron chi connectivity index (χ0n) is 14.6. The van der Waals surface area contributed by atoms with Crippen molar-refractivity contribution >= 4 is 34.4 Å². The molecule has 0 radical (unpaired) electrons. The maximum Gasteiger partial charge on any atom is 0.200 e. The van der Waals surface area contributed by atoms with Crippen molar-refractivity contribution in [2.24, 2.45) is 0 Å². The van der Waals surface area contributed by atoms with Crippen LogP contribution in [0.2, 0.25) is 5.02 Å². The zero-order chi connectivity index (χ0) is 17.9. The molecule has 0 atom stereocenters. The number of nitrogens with one attached hydrogen (secondary N) is 1. The van der Waals surface area contributed by atoms with E-state index >= 15 is 0 Å². The van der Waals surface area contributed by atoms with E-state index in [1.165, 1.54) is 17.6 Å². The first kappa shape index (κ1) is 17.0. The van der Waals surface area contributed by atoms with E-state index in [4.69, 9.17) is 11.6 Å². The third kappa shape index (κ3) is 3.56. The number of hydrogen-bond donors (Lipinski definition) is 1. The maximum atomic E-state index is 6.55. The molecule has 1 aromatic carbocycles. The Hall–Kier alpha value is -2.45. The number of tetrazole rings is 1. The second kappa shape index (κ2) is 7.43. The highest BCUT2D eigenvalue weighted by molar-refractivity contribution is 6.33. The van der Waals surface area contributed by atoms with Gasteiger partial charge < -0.3 is 10.2 Å². The number of aromatic nitrogens is 5. The van der Waals surface area contributed by atoms with Gasteiger partial charge in [0, 0.05) is 31.9 Å². The number of benzene rings is 1. The van der Waals surface area contributed by atoms with Crippen molar-refractivity contribution in [1.29, 1.82) is 0 Å². The molecule has 3 heterocycles. The number of anilines is 3. The molecular formula is C17H21ClN8. The van der Waals surface area contributed by atoms with Crippen LogP contribution >= 0.6 is 11.6 Å². The number of halogens is 1. The Labute approximate surface area is 156 Å². The van der Waals surface area contributed by atoms with Crippen LogP contribution in [-0.4, -0.2) is 62.9 Å². The Morgan fingerprint density at radius 1 is 1.12 bits per heavy atom. The van der Waals surface area contributed by atoms with E-state index in [0.29, 0.717) is 11.5 Å². The zero-order valence-corrected chi connectivity index (χ0v) is 15.4. The van der Waals surface area contributed by atoms with Gasteiger partial charge in [-0.1, -0.05) is 18.5 Å². The Kier molecular flexibility index (Phi) is 4.85. The van der Waals surface area contributed by atoms with Crippen molar-refractivity contribution in [2.75, 3.05) is 42.9 Å². The van der Waals surface area contributed by atoms with Crippen LogP contribution in [0.15, 0.2) is 30.3 Å². The van der Waals surface area contributed by atoms with Crippen LogP contribution in [0.25, 0.3) is 5.65 Å². The van der Waals surface area contributed by atoms with Gasteiger partial charge in [0.2, 0.25) is 0 Å². The van der Waals surface area contributed by atoms with E-state index in [1.54, 1.807) is 6.07 Å². The van der Waals surface area contributed by atoms with Crippen molar-refractivity contribution in [1.82, 2.24) is 30.2 Å². The van der Waals surface area contributed by atoms with Crippen molar-refractivity contribution < 1.29 is 0 Å². The SMILES string of the molecule is CCCN1CCN(c2ccc(Nc3ccc4nnnn4n3)cc2Cl)CC1. The molecule has 9 heteroatoms. The molecule has 1 saturated heterocycles. The molecule has 4 rings (SSSR count). The highest BCUT2D eigenvalue weighted by Gasteiger charge is 2.18. The smallest absolute Gasteiger partial charge is 0.200 e. The molecule has 0 aliphatic carbocycles. The van der Waals surface area contributed by atoms with Crippen LogP contribution < -0.4 is 10.2 Å². The van der Waals surface area contributed by atoms with Gasteiger partial charge in [0.25, 0.3) is 0 Å². The van der Waals surface area contributed by atoms with Gasteiger partial charge >= 0.3 is 0 Å². The average molecular weight is 373 g/mol. The number of nitrogens with zero attached hydrogens (tertiary/aromatic N) is 7. The van der Waals surface area contributed by atoms with Crippen LogP contribution in [-0.2, 0) is 0 Å². The fourth-order valence-electron chi connectivity index (χ4n) is 3.23. The van der Waals surface area contributed by atoms with Crippen LogP contribution in [0.4, 0.5) is 17.2 Å². The summed E-state index contributed by atoms with van der Waals surface area (Å²) in [5, 5.41) is 19.5. The molecule has 1 N–H and O–H groups in total. The van der Waals surface area contributed by atoms with Crippen molar-refractivity contribution in [3.05, 3.63) is 35.4 Å². The maximum absolute atomic E-state index is 6.55. The second-order valence-corrected chi connectivity index (χ2v) is 6.77. The first-order chi connectivity index (χ1) is 12.7. The first-order valence-electron chi connectivity index (χ1n) is 8.82. The van der Waals surface area contributed by atoms with E-state index in [9.17, 15) is 0 Å². The summed E-state index contributed by atoms with van der Waals surface area (Å²) in [6.07, 6.45) is 1.20. The fourth-order valence-corrected chi connectivity index (χ4v) is 3.53. The number of piperazine rings is 1. The molecule has 26 heavy (non-hydrogen) atoms. The quantitative estimate of drug-likeness (QED) is 0.737. The molecule has 0 saturated carbocycles. The van der Waals surface area contributed by atoms with Crippen molar-refractivity contribution in [3.8, 4) is 0 Å². The number of hydrogen-bond acceptors (Lipinski definition) is 7. The minimum Gasteiger partial charge on any atom is -0.368 e. The van der Waals surface area contributed by atoms with Crippen molar-refractivity contribution in [2.45, 2.75) is 13.3 Å². The molecule has 3 aromatic rings. The van der Waals surface area contributed by atoms with Gasteiger partial charge in [0.05, 0.1) is 10.7 Å². The Bertz CT molecular complexity index is 887. The third-order valence-corrected chi connectivity index (χ3v) is 4.85. The molecule has 1 aliphatic heterocycles. The van der Waals surface area contributed by atoms with Gasteiger partial charge in [-0.05, 0) is 53.7 Å². The van der Waals surface area contributed by atoms with Gasteiger partial charge in [-0.2, -0.15) is 0 Å². The van der Waals surface area contributed by atoms with E-state index in [2.05, 4.69) is 48.7 Å². The van der Waals surface area contributed by atoms with Gasteiger partial charge in [-0.15, -0.1) is 14.8 Å². The Morgan fingerprint density at radius 3 is 2.73 bits per heavy atom. The monoisotopic (exact) mass is 372 g/mol. The highest BCUT2D eigenvalue weighted by Crippen LogP contribution is 2.30. The van der Waals surface area contributed by atoms with E-state index in [-0.39, 0.29) is 0 Å². The molecular weight excluding hydrogens is 352 g/mol. The van der Waals surface area contributed by atoms with Crippen LogP contribution in [0.3, 0.4) is 0 Å². The lowest BCUT2D eigenvalue weighted by molar-refractivity contribution is 0.258. The molecule has 1 aliphatic rings. The molecule has 136 valence electrons. The predicted octanol–water partition coefficient (Wildman–Crippen LogP) is 2.45. The van der Waals surface area contributed by atoms with Crippen molar-refractivity contribution in [3.63, 3.8) is 0 Å². The summed E-state index contributed by atoms with van der Waals surface area (Å²) in [4.78, 5) is 4.85. The Morgan fingerprint density at radius 2 is 1.96 bits per heavy atom. The normalized spacial score (nSPS) is 15.5. The fraction of sp³-hybridized carbons (Fsp3) is 0.412. The molecule has 0 unspecified atom stereocenters. The molecule has 2 aromatic heterocycles. The highest BCUT2D eigenvalue weighted by atomic mass is 35.5. The largest absolute Gasteiger partial charge is 0.368 e. The topological polar surface area (TPSA) is 74.5 Å². The molecule has 8 nitrogen and oxygen atoms in total. The summed E-state index contributed by atoms with van der Waals surface area (Å²) in [6, 6.07) is 9.66. The van der Waals surface area contributed by atoms with E-state index in [0.717, 1.165) is 42.6 Å². The summed E-state index contributed by atoms with van der Waals surface area (Å²) in [5.74, 6) is 0.654.